The molecule has 1 unspecified atom stereocenters. The molecule has 1 saturated carbocycles. The van der Waals surface area contributed by atoms with E-state index in [1.165, 1.54) is 37.7 Å². The van der Waals surface area contributed by atoms with E-state index < -0.39 is 8.07 Å². The van der Waals surface area contributed by atoms with Gasteiger partial charge in [0.15, 0.2) is 0 Å². The van der Waals surface area contributed by atoms with Gasteiger partial charge >= 0.3 is 0 Å². The van der Waals surface area contributed by atoms with Crippen LogP contribution in [0.25, 0.3) is 0 Å². The molecule has 1 aliphatic carbocycles. The second-order valence-electron chi connectivity index (χ2n) is 7.58. The van der Waals surface area contributed by atoms with E-state index >= 15 is 0 Å². The van der Waals surface area contributed by atoms with E-state index in [1.807, 2.05) is 0 Å². The summed E-state index contributed by atoms with van der Waals surface area (Å²) < 4.78 is 0. The van der Waals surface area contributed by atoms with Crippen molar-refractivity contribution in [2.24, 2.45) is 5.92 Å². The Kier molecular flexibility index (Phi) is 5.55. The fraction of sp³-hybridized carbons (Fsp3) is 0.647. The third-order valence-corrected chi connectivity index (χ3v) is 9.37. The zero-order valence-corrected chi connectivity index (χ0v) is 16.7. The Balaban J connectivity index is 2.10. The molecule has 20 heavy (non-hydrogen) atoms. The molecule has 3 heteroatoms. The Hall–Kier alpha value is -0.0562. The van der Waals surface area contributed by atoms with E-state index in [0.29, 0.717) is 5.00 Å². The Labute approximate surface area is 133 Å². The van der Waals surface area contributed by atoms with Crippen LogP contribution in [0, 0.1) is 12.8 Å². The summed E-state index contributed by atoms with van der Waals surface area (Å²) in [4.78, 5) is 0. The zero-order chi connectivity index (χ0) is 14.8. The van der Waals surface area contributed by atoms with Crippen molar-refractivity contribution in [3.63, 3.8) is 0 Å². The lowest BCUT2D eigenvalue weighted by molar-refractivity contribution is 0.375. The molecule has 2 rings (SSSR count). The highest BCUT2D eigenvalue weighted by Gasteiger charge is 2.23. The summed E-state index contributed by atoms with van der Waals surface area (Å²) in [7, 11) is -1.55. The van der Waals surface area contributed by atoms with Gasteiger partial charge in [-0.05, 0) is 25.7 Å². The van der Waals surface area contributed by atoms with E-state index in [2.05, 4.69) is 44.8 Å². The first-order valence-corrected chi connectivity index (χ1v) is 13.6. The second-order valence-corrected chi connectivity index (χ2v) is 15.8. The summed E-state index contributed by atoms with van der Waals surface area (Å²) >= 11 is 6.79. The number of hydrogen-bond acceptors (Lipinski definition) is 0. The molecule has 1 aliphatic rings. The molecule has 1 aromatic rings. The largest absolute Gasteiger partial charge is 0.127 e. The van der Waals surface area contributed by atoms with Crippen LogP contribution in [-0.4, -0.2) is 22.6 Å². The predicted octanol–water partition coefficient (Wildman–Crippen LogP) is 3.48. The highest BCUT2D eigenvalue weighted by molar-refractivity contribution is 6.89. The van der Waals surface area contributed by atoms with Crippen LogP contribution >= 0.6 is 11.6 Å². The lowest BCUT2D eigenvalue weighted by atomic mass is 9.91. The SMILES string of the molecule is Cc1cc([SiH2]C(Cl)C2CCCCC2)cc([Si](C)(C)C)c1. The molecular weight excluding hydrogens is 296 g/mol. The fourth-order valence-corrected chi connectivity index (χ4v) is 7.60. The Morgan fingerprint density at radius 1 is 1.10 bits per heavy atom. The van der Waals surface area contributed by atoms with Crippen molar-refractivity contribution in [3.05, 3.63) is 23.8 Å². The molecule has 1 atom stereocenters. The van der Waals surface area contributed by atoms with Crippen LogP contribution in [0.2, 0.25) is 19.6 Å². The van der Waals surface area contributed by atoms with Crippen LogP contribution in [0.5, 0.6) is 0 Å². The van der Waals surface area contributed by atoms with E-state index in [9.17, 15) is 0 Å². The lowest BCUT2D eigenvalue weighted by Gasteiger charge is -2.26. The standard InChI is InChI=1S/C17H29ClSi2/c1-13-10-15(12-16(11-13)20(2,3)4)19-17(18)14-8-6-5-7-9-14/h10-12,14,17H,5-9,19H2,1-4H3. The summed E-state index contributed by atoms with van der Waals surface area (Å²) in [5.74, 6) is 0.799. The number of aryl methyl sites for hydroxylation is 1. The quantitative estimate of drug-likeness (QED) is 0.587. The maximum Gasteiger partial charge on any atom is 0.0775 e. The molecule has 0 aromatic heterocycles. The molecule has 0 aliphatic heterocycles. The minimum atomic E-state index is -1.21. The van der Waals surface area contributed by atoms with Crippen molar-refractivity contribution in [2.75, 3.05) is 0 Å². The minimum Gasteiger partial charge on any atom is -0.127 e. The molecule has 112 valence electrons. The van der Waals surface area contributed by atoms with Gasteiger partial charge in [-0.1, -0.05) is 73.0 Å². The Bertz CT molecular complexity index is 445. The van der Waals surface area contributed by atoms with E-state index in [-0.39, 0.29) is 9.52 Å². The van der Waals surface area contributed by atoms with Gasteiger partial charge in [-0.3, -0.25) is 0 Å². The second kappa shape index (κ2) is 6.80. The van der Waals surface area contributed by atoms with Crippen molar-refractivity contribution in [1.29, 1.82) is 0 Å². The molecule has 0 heterocycles. The molecule has 0 N–H and O–H groups in total. The van der Waals surface area contributed by atoms with Crippen LogP contribution < -0.4 is 10.4 Å². The minimum absolute atomic E-state index is 0.345. The van der Waals surface area contributed by atoms with Gasteiger partial charge in [0, 0.05) is 5.00 Å². The first-order valence-electron chi connectivity index (χ1n) is 8.11. The van der Waals surface area contributed by atoms with Gasteiger partial charge in [0.05, 0.1) is 17.6 Å². The number of halogens is 1. The molecule has 0 saturated heterocycles. The van der Waals surface area contributed by atoms with Crippen molar-refractivity contribution >= 4 is 39.6 Å². The molecule has 0 radical (unpaired) electrons. The van der Waals surface area contributed by atoms with Gasteiger partial charge < -0.3 is 0 Å². The Morgan fingerprint density at radius 2 is 1.75 bits per heavy atom. The maximum absolute atomic E-state index is 6.79. The average Bonchev–Trinajstić information content (AvgIpc) is 2.38. The van der Waals surface area contributed by atoms with Gasteiger partial charge in [-0.25, -0.2) is 0 Å². The van der Waals surface area contributed by atoms with Gasteiger partial charge in [-0.15, -0.1) is 11.6 Å². The van der Waals surface area contributed by atoms with Crippen molar-refractivity contribution in [3.8, 4) is 0 Å². The summed E-state index contributed by atoms with van der Waals surface area (Å²) in [5.41, 5.74) is 1.43. The van der Waals surface area contributed by atoms with E-state index in [1.54, 1.807) is 10.4 Å². The summed E-state index contributed by atoms with van der Waals surface area (Å²) in [6, 6.07) is 7.28. The number of alkyl halides is 1. The summed E-state index contributed by atoms with van der Waals surface area (Å²) in [6.07, 6.45) is 6.96. The van der Waals surface area contributed by atoms with Crippen LogP contribution in [0.4, 0.5) is 0 Å². The topological polar surface area (TPSA) is 0 Å². The van der Waals surface area contributed by atoms with Crippen LogP contribution in [-0.2, 0) is 0 Å². The smallest absolute Gasteiger partial charge is 0.0775 e. The number of rotatable bonds is 4. The van der Waals surface area contributed by atoms with Crippen molar-refractivity contribution in [1.82, 2.24) is 0 Å². The zero-order valence-electron chi connectivity index (χ0n) is 13.5. The monoisotopic (exact) mass is 324 g/mol. The number of benzene rings is 1. The van der Waals surface area contributed by atoms with Crippen LogP contribution in [0.15, 0.2) is 18.2 Å². The van der Waals surface area contributed by atoms with E-state index in [0.717, 1.165) is 5.92 Å². The number of hydrogen-bond donors (Lipinski definition) is 0. The molecule has 0 spiro atoms. The van der Waals surface area contributed by atoms with Crippen LogP contribution in [0.1, 0.15) is 37.7 Å². The Morgan fingerprint density at radius 3 is 2.35 bits per heavy atom. The van der Waals surface area contributed by atoms with Crippen molar-refractivity contribution < 1.29 is 0 Å². The molecular formula is C17H29ClSi2. The molecule has 0 amide bonds. The van der Waals surface area contributed by atoms with E-state index in [4.69, 9.17) is 11.6 Å². The average molecular weight is 325 g/mol. The first kappa shape index (κ1) is 16.3. The van der Waals surface area contributed by atoms with Gasteiger partial charge in [0.2, 0.25) is 0 Å². The van der Waals surface area contributed by atoms with Crippen molar-refractivity contribution in [2.45, 2.75) is 63.7 Å². The predicted molar refractivity (Wildman–Crippen MR) is 98.6 cm³/mol. The van der Waals surface area contributed by atoms with Gasteiger partial charge in [-0.2, -0.15) is 0 Å². The molecule has 0 bridgehead atoms. The normalized spacial score (nSPS) is 19.6. The molecule has 1 aromatic carbocycles. The molecule has 1 fully saturated rings. The molecule has 0 nitrogen and oxygen atoms in total. The third-order valence-electron chi connectivity index (χ3n) is 4.60. The fourth-order valence-electron chi connectivity index (χ4n) is 3.30. The highest BCUT2D eigenvalue weighted by atomic mass is 35.5. The van der Waals surface area contributed by atoms with Gasteiger partial charge in [0.25, 0.3) is 0 Å². The summed E-state index contributed by atoms with van der Waals surface area (Å²) in [6.45, 7) is 9.55. The highest BCUT2D eigenvalue weighted by Crippen LogP contribution is 2.28. The third kappa shape index (κ3) is 4.47. The first-order chi connectivity index (χ1) is 9.36. The summed E-state index contributed by atoms with van der Waals surface area (Å²) in [5, 5.41) is 3.66. The lowest BCUT2D eigenvalue weighted by Crippen LogP contribution is -2.41. The van der Waals surface area contributed by atoms with Gasteiger partial charge in [0.1, 0.15) is 0 Å². The maximum atomic E-state index is 6.79. The van der Waals surface area contributed by atoms with Crippen LogP contribution in [0.3, 0.4) is 0 Å².